The zero-order chi connectivity index (χ0) is 22.7. The van der Waals surface area contributed by atoms with Gasteiger partial charge >= 0.3 is 0 Å². The average molecular weight is 431 g/mol. The van der Waals surface area contributed by atoms with Crippen LogP contribution in [0, 0.1) is 12.3 Å². The molecule has 32 heavy (non-hydrogen) atoms. The molecule has 1 aliphatic heterocycles. The number of terminal acetylenes is 1. The van der Waals surface area contributed by atoms with Crippen LogP contribution >= 0.6 is 0 Å². The maximum absolute atomic E-state index is 13.2. The lowest BCUT2D eigenvalue weighted by molar-refractivity contribution is -0.122. The molecule has 4 rings (SSSR count). The molecular weight excluding hydrogens is 404 g/mol. The molecule has 1 amide bonds. The zero-order valence-electron chi connectivity index (χ0n) is 17.9. The number of nitrogens with zero attached hydrogens (tertiary/aromatic N) is 2. The van der Waals surface area contributed by atoms with Gasteiger partial charge in [0, 0.05) is 38.2 Å². The van der Waals surface area contributed by atoms with Crippen LogP contribution in [0.4, 0.5) is 0 Å². The van der Waals surface area contributed by atoms with Gasteiger partial charge in [0.05, 0.1) is 29.3 Å². The highest BCUT2D eigenvalue weighted by Gasteiger charge is 2.34. The van der Waals surface area contributed by atoms with Crippen LogP contribution in [0.3, 0.4) is 0 Å². The number of aliphatic hydroxyl groups is 1. The summed E-state index contributed by atoms with van der Waals surface area (Å²) >= 11 is 0. The van der Waals surface area contributed by atoms with E-state index < -0.39 is 5.92 Å². The third-order valence-corrected chi connectivity index (χ3v) is 6.07. The van der Waals surface area contributed by atoms with Gasteiger partial charge in [0.1, 0.15) is 0 Å². The minimum absolute atomic E-state index is 0.133. The van der Waals surface area contributed by atoms with E-state index in [0.29, 0.717) is 30.5 Å². The minimum Gasteiger partial charge on any atom is -0.392 e. The molecule has 7 nitrogen and oxygen atoms in total. The van der Waals surface area contributed by atoms with Crippen molar-refractivity contribution in [1.29, 1.82) is 0 Å². The molecule has 3 aromatic rings. The molecule has 2 aromatic carbocycles. The standard InChI is InChI=1S/C25H26N4O3/c1-3-16-5-4-6-17(11-16)20(15-29-10-9-19(30)14-29)24(25(32)26-2)18-7-8-21-22(12-18)28-23(31)13-27-21/h1,4-8,11-13,19-20,24,30H,9-10,14-15H2,2H3,(H,26,32)(H,28,31)/t19-,20+,24?/m0/s1. The van der Waals surface area contributed by atoms with E-state index in [1.54, 1.807) is 7.05 Å². The van der Waals surface area contributed by atoms with Crippen molar-refractivity contribution in [2.75, 3.05) is 26.7 Å². The molecule has 1 saturated heterocycles. The molecule has 1 fully saturated rings. The summed E-state index contributed by atoms with van der Waals surface area (Å²) in [4.78, 5) is 34.1. The van der Waals surface area contributed by atoms with Gasteiger partial charge in [0.2, 0.25) is 5.91 Å². The van der Waals surface area contributed by atoms with Gasteiger partial charge in [-0.25, -0.2) is 4.98 Å². The molecular formula is C25H26N4O3. The summed E-state index contributed by atoms with van der Waals surface area (Å²) < 4.78 is 0. The molecule has 0 radical (unpaired) electrons. The van der Waals surface area contributed by atoms with E-state index in [-0.39, 0.29) is 23.5 Å². The lowest BCUT2D eigenvalue weighted by Crippen LogP contribution is -2.36. The number of fused-ring (bicyclic) bond motifs is 1. The maximum Gasteiger partial charge on any atom is 0.266 e. The topological polar surface area (TPSA) is 98.3 Å². The minimum atomic E-state index is -0.529. The summed E-state index contributed by atoms with van der Waals surface area (Å²) in [7, 11) is 1.62. The first-order valence-electron chi connectivity index (χ1n) is 10.7. The van der Waals surface area contributed by atoms with Crippen molar-refractivity contribution in [1.82, 2.24) is 20.2 Å². The Bertz CT molecular complexity index is 1230. The number of hydrogen-bond donors (Lipinski definition) is 3. The number of hydrogen-bond acceptors (Lipinski definition) is 5. The van der Waals surface area contributed by atoms with E-state index in [1.165, 1.54) is 6.20 Å². The number of likely N-dealkylation sites (tertiary alicyclic amines) is 1. The first kappa shape index (κ1) is 21.8. The van der Waals surface area contributed by atoms with Gasteiger partial charge < -0.3 is 20.3 Å². The number of aliphatic hydroxyl groups excluding tert-OH is 1. The van der Waals surface area contributed by atoms with Gasteiger partial charge in [-0.05, 0) is 41.8 Å². The summed E-state index contributed by atoms with van der Waals surface area (Å²) in [6.07, 6.45) is 7.23. The van der Waals surface area contributed by atoms with Crippen LogP contribution in [0.1, 0.15) is 34.9 Å². The van der Waals surface area contributed by atoms with Crippen molar-refractivity contribution in [3.8, 4) is 12.3 Å². The van der Waals surface area contributed by atoms with Gasteiger partial charge in [-0.15, -0.1) is 6.42 Å². The fourth-order valence-corrected chi connectivity index (χ4v) is 4.49. The Morgan fingerprint density at radius 3 is 2.91 bits per heavy atom. The Hall–Kier alpha value is -3.47. The lowest BCUT2D eigenvalue weighted by atomic mass is 9.79. The second kappa shape index (κ2) is 9.35. The highest BCUT2D eigenvalue weighted by molar-refractivity contribution is 5.86. The third-order valence-electron chi connectivity index (χ3n) is 6.07. The normalized spacial score (nSPS) is 18.2. The number of β-amino-alcohol motifs (C(OH)–C–C–N with tert-alkyl or cyclic N) is 1. The maximum atomic E-state index is 13.2. The summed E-state index contributed by atoms with van der Waals surface area (Å²) in [5.41, 5.74) is 3.41. The van der Waals surface area contributed by atoms with Crippen LogP contribution in [0.15, 0.2) is 53.5 Å². The fraction of sp³-hybridized carbons (Fsp3) is 0.320. The lowest BCUT2D eigenvalue weighted by Gasteiger charge is -2.31. The van der Waals surface area contributed by atoms with Gasteiger partial charge in [-0.2, -0.15) is 0 Å². The highest BCUT2D eigenvalue weighted by Crippen LogP contribution is 2.36. The van der Waals surface area contributed by atoms with Crippen LogP contribution in [-0.4, -0.2) is 58.7 Å². The monoisotopic (exact) mass is 430 g/mol. The molecule has 164 valence electrons. The van der Waals surface area contributed by atoms with E-state index in [4.69, 9.17) is 6.42 Å². The van der Waals surface area contributed by atoms with Crippen molar-refractivity contribution < 1.29 is 9.90 Å². The Labute approximate surface area is 186 Å². The number of carbonyl (C=O) groups is 1. The number of nitrogens with one attached hydrogen (secondary N) is 2. The summed E-state index contributed by atoms with van der Waals surface area (Å²) in [6, 6.07) is 13.2. The molecule has 1 aliphatic rings. The molecule has 0 aliphatic carbocycles. The molecule has 7 heteroatoms. The van der Waals surface area contributed by atoms with Crippen LogP contribution in [0.25, 0.3) is 11.0 Å². The van der Waals surface area contributed by atoms with E-state index >= 15 is 0 Å². The van der Waals surface area contributed by atoms with Crippen LogP contribution < -0.4 is 10.9 Å². The van der Waals surface area contributed by atoms with Crippen molar-refractivity contribution in [3.63, 3.8) is 0 Å². The second-order valence-corrected chi connectivity index (χ2v) is 8.19. The molecule has 0 spiro atoms. The zero-order valence-corrected chi connectivity index (χ0v) is 17.9. The number of benzene rings is 2. The molecule has 1 unspecified atom stereocenters. The van der Waals surface area contributed by atoms with Gasteiger partial charge in [0.25, 0.3) is 5.56 Å². The quantitative estimate of drug-likeness (QED) is 0.516. The van der Waals surface area contributed by atoms with Gasteiger partial charge in [0.15, 0.2) is 0 Å². The van der Waals surface area contributed by atoms with E-state index in [2.05, 4.69) is 26.1 Å². The number of aromatic amines is 1. The predicted octanol–water partition coefficient (Wildman–Crippen LogP) is 1.58. The van der Waals surface area contributed by atoms with Crippen molar-refractivity contribution in [2.24, 2.45) is 0 Å². The van der Waals surface area contributed by atoms with E-state index in [1.807, 2.05) is 42.5 Å². The Morgan fingerprint density at radius 1 is 1.34 bits per heavy atom. The van der Waals surface area contributed by atoms with Gasteiger partial charge in [-0.3, -0.25) is 9.59 Å². The predicted molar refractivity (Wildman–Crippen MR) is 123 cm³/mol. The van der Waals surface area contributed by atoms with Gasteiger partial charge in [-0.1, -0.05) is 24.1 Å². The smallest absolute Gasteiger partial charge is 0.266 e. The number of aromatic nitrogens is 2. The number of carbonyl (C=O) groups excluding carboxylic acids is 1. The molecule has 3 atom stereocenters. The van der Waals surface area contributed by atoms with Crippen LogP contribution in [0.5, 0.6) is 0 Å². The Kier molecular flexibility index (Phi) is 6.35. The molecule has 0 saturated carbocycles. The highest BCUT2D eigenvalue weighted by atomic mass is 16.3. The second-order valence-electron chi connectivity index (χ2n) is 8.19. The summed E-state index contributed by atoms with van der Waals surface area (Å²) in [6.45, 7) is 1.92. The SMILES string of the molecule is C#Cc1cccc([C@@H](CN2CC[C@H](O)C2)C(C(=O)NC)c2ccc3ncc(=O)[nH]c3c2)c1. The van der Waals surface area contributed by atoms with E-state index in [0.717, 1.165) is 23.2 Å². The number of rotatable bonds is 6. The fourth-order valence-electron chi connectivity index (χ4n) is 4.49. The first-order valence-corrected chi connectivity index (χ1v) is 10.7. The number of amides is 1. The average Bonchev–Trinajstić information content (AvgIpc) is 3.22. The third kappa shape index (κ3) is 4.57. The molecule has 0 bridgehead atoms. The van der Waals surface area contributed by atoms with Crippen LogP contribution in [-0.2, 0) is 4.79 Å². The van der Waals surface area contributed by atoms with Crippen LogP contribution in [0.2, 0.25) is 0 Å². The number of likely N-dealkylation sites (N-methyl/N-ethyl adjacent to an activating group) is 1. The summed E-state index contributed by atoms with van der Waals surface area (Å²) in [5.74, 6) is 1.80. The van der Waals surface area contributed by atoms with Crippen molar-refractivity contribution in [2.45, 2.75) is 24.4 Å². The van der Waals surface area contributed by atoms with Crippen molar-refractivity contribution in [3.05, 3.63) is 75.7 Å². The molecule has 3 N–H and O–H groups in total. The first-order chi connectivity index (χ1) is 15.5. The number of H-pyrrole nitrogens is 1. The molecule has 1 aromatic heterocycles. The molecule has 2 heterocycles. The van der Waals surface area contributed by atoms with Crippen molar-refractivity contribution >= 4 is 16.9 Å². The Morgan fingerprint density at radius 2 is 2.19 bits per heavy atom. The Balaban J connectivity index is 1.82. The largest absolute Gasteiger partial charge is 0.392 e. The van der Waals surface area contributed by atoms with E-state index in [9.17, 15) is 14.7 Å². The summed E-state index contributed by atoms with van der Waals surface area (Å²) in [5, 5.41) is 12.8.